The van der Waals surface area contributed by atoms with E-state index in [1.165, 1.54) is 12.1 Å². The highest BCUT2D eigenvalue weighted by molar-refractivity contribution is 6.30. The minimum absolute atomic E-state index is 0.0108. The molecule has 1 aliphatic rings. The Hall–Kier alpha value is -1.82. The Labute approximate surface area is 120 Å². The Morgan fingerprint density at radius 2 is 2.10 bits per heavy atom. The molecule has 0 aromatic heterocycles. The highest BCUT2D eigenvalue weighted by Gasteiger charge is 2.27. The predicted octanol–water partition coefficient (Wildman–Crippen LogP) is 2.08. The molecule has 0 aliphatic carbocycles. The second-order valence-corrected chi connectivity index (χ2v) is 5.15. The number of piperidine rings is 1. The molecule has 1 aliphatic heterocycles. The Morgan fingerprint density at radius 1 is 1.45 bits per heavy atom. The summed E-state index contributed by atoms with van der Waals surface area (Å²) in [5, 5.41) is 11.9. The molecule has 7 heteroatoms. The molecule has 1 aromatic rings. The first-order valence-electron chi connectivity index (χ1n) is 6.24. The summed E-state index contributed by atoms with van der Waals surface area (Å²) in [6.07, 6.45) is 1.19. The fraction of sp³-hybridized carbons (Fsp3) is 0.385. The van der Waals surface area contributed by atoms with Crippen molar-refractivity contribution in [3.8, 4) is 0 Å². The summed E-state index contributed by atoms with van der Waals surface area (Å²) in [4.78, 5) is 13.8. The average molecular weight is 300 g/mol. The van der Waals surface area contributed by atoms with E-state index < -0.39 is 5.82 Å². The number of amides is 1. The molecule has 3 N–H and O–H groups in total. The van der Waals surface area contributed by atoms with E-state index in [1.54, 1.807) is 4.90 Å². The number of benzene rings is 1. The number of carbonyl (C=O) groups is 1. The first-order valence-corrected chi connectivity index (χ1v) is 6.62. The molecule has 0 radical (unpaired) electrons. The molecule has 1 heterocycles. The normalized spacial score (nSPS) is 17.3. The molecular formula is C13H15ClFN3O2. The van der Waals surface area contributed by atoms with Crippen LogP contribution in [0.2, 0.25) is 5.02 Å². The molecule has 0 saturated carbocycles. The van der Waals surface area contributed by atoms with Gasteiger partial charge in [-0.15, -0.1) is 0 Å². The van der Waals surface area contributed by atoms with Crippen molar-refractivity contribution in [2.24, 2.45) is 16.8 Å². The summed E-state index contributed by atoms with van der Waals surface area (Å²) in [6.45, 7) is 0.892. The van der Waals surface area contributed by atoms with E-state index in [9.17, 15) is 9.18 Å². The monoisotopic (exact) mass is 299 g/mol. The van der Waals surface area contributed by atoms with Crippen LogP contribution in [0.1, 0.15) is 23.2 Å². The Kier molecular flexibility index (Phi) is 4.44. The molecule has 0 unspecified atom stereocenters. The Morgan fingerprint density at radius 3 is 2.65 bits per heavy atom. The van der Waals surface area contributed by atoms with Crippen molar-refractivity contribution in [1.29, 1.82) is 0 Å². The van der Waals surface area contributed by atoms with Crippen molar-refractivity contribution in [3.63, 3.8) is 0 Å². The van der Waals surface area contributed by atoms with Crippen LogP contribution in [0.5, 0.6) is 0 Å². The zero-order valence-electron chi connectivity index (χ0n) is 10.7. The van der Waals surface area contributed by atoms with E-state index in [0.29, 0.717) is 25.9 Å². The van der Waals surface area contributed by atoms with Crippen molar-refractivity contribution >= 4 is 23.3 Å². The van der Waals surface area contributed by atoms with Gasteiger partial charge in [-0.05, 0) is 31.0 Å². The number of rotatable bonds is 2. The molecule has 1 fully saturated rings. The molecule has 1 saturated heterocycles. The van der Waals surface area contributed by atoms with Gasteiger partial charge < -0.3 is 15.8 Å². The van der Waals surface area contributed by atoms with Crippen LogP contribution in [0.4, 0.5) is 4.39 Å². The van der Waals surface area contributed by atoms with Crippen LogP contribution in [-0.4, -0.2) is 34.9 Å². The molecule has 1 amide bonds. The first kappa shape index (κ1) is 14.6. The van der Waals surface area contributed by atoms with Crippen LogP contribution in [0.25, 0.3) is 0 Å². The molecule has 0 spiro atoms. The molecule has 5 nitrogen and oxygen atoms in total. The standard InChI is InChI=1S/C13H15ClFN3O2/c14-9-1-2-10(11(15)7-9)13(19)18-5-3-8(4-6-18)12(16)17-20/h1-2,7-8,20H,3-6H2,(H2,16,17). The van der Waals surface area contributed by atoms with Crippen molar-refractivity contribution in [2.75, 3.05) is 13.1 Å². The van der Waals surface area contributed by atoms with Gasteiger partial charge in [0.05, 0.1) is 5.56 Å². The number of hydrogen-bond donors (Lipinski definition) is 2. The minimum Gasteiger partial charge on any atom is -0.409 e. The third kappa shape index (κ3) is 3.01. The van der Waals surface area contributed by atoms with Gasteiger partial charge in [0.15, 0.2) is 0 Å². The van der Waals surface area contributed by atoms with Crippen molar-refractivity contribution < 1.29 is 14.4 Å². The molecule has 108 valence electrons. The number of hydrogen-bond acceptors (Lipinski definition) is 3. The Bertz CT molecular complexity index is 542. The van der Waals surface area contributed by atoms with Crippen LogP contribution in [0.15, 0.2) is 23.4 Å². The van der Waals surface area contributed by atoms with E-state index in [-0.39, 0.29) is 28.2 Å². The van der Waals surface area contributed by atoms with E-state index >= 15 is 0 Å². The summed E-state index contributed by atoms with van der Waals surface area (Å²) in [6, 6.07) is 3.99. The third-order valence-corrected chi connectivity index (χ3v) is 3.71. The molecular weight excluding hydrogens is 285 g/mol. The largest absolute Gasteiger partial charge is 0.409 e. The maximum atomic E-state index is 13.7. The smallest absolute Gasteiger partial charge is 0.256 e. The zero-order chi connectivity index (χ0) is 14.7. The van der Waals surface area contributed by atoms with Crippen LogP contribution in [-0.2, 0) is 0 Å². The molecule has 0 bridgehead atoms. The van der Waals surface area contributed by atoms with Crippen molar-refractivity contribution in [1.82, 2.24) is 4.90 Å². The summed E-state index contributed by atoms with van der Waals surface area (Å²) in [5.74, 6) is -0.855. The lowest BCUT2D eigenvalue weighted by Gasteiger charge is -2.31. The zero-order valence-corrected chi connectivity index (χ0v) is 11.5. The summed E-state index contributed by atoms with van der Waals surface area (Å²) >= 11 is 5.66. The number of carbonyl (C=O) groups excluding carboxylic acids is 1. The van der Waals surface area contributed by atoms with E-state index in [2.05, 4.69) is 5.16 Å². The van der Waals surface area contributed by atoms with Gasteiger partial charge in [0.1, 0.15) is 11.7 Å². The van der Waals surface area contributed by atoms with Crippen LogP contribution < -0.4 is 5.73 Å². The third-order valence-electron chi connectivity index (χ3n) is 3.48. The van der Waals surface area contributed by atoms with Gasteiger partial charge in [-0.3, -0.25) is 4.79 Å². The van der Waals surface area contributed by atoms with E-state index in [1.807, 2.05) is 0 Å². The van der Waals surface area contributed by atoms with Crippen LogP contribution in [0, 0.1) is 11.7 Å². The van der Waals surface area contributed by atoms with Gasteiger partial charge in [0.25, 0.3) is 5.91 Å². The maximum Gasteiger partial charge on any atom is 0.256 e. The second-order valence-electron chi connectivity index (χ2n) is 4.72. The predicted molar refractivity (Wildman–Crippen MR) is 73.4 cm³/mol. The molecule has 1 aromatic carbocycles. The lowest BCUT2D eigenvalue weighted by atomic mass is 9.95. The van der Waals surface area contributed by atoms with Crippen molar-refractivity contribution in [3.05, 3.63) is 34.6 Å². The van der Waals surface area contributed by atoms with Crippen LogP contribution in [0.3, 0.4) is 0 Å². The van der Waals surface area contributed by atoms with E-state index in [4.69, 9.17) is 22.5 Å². The fourth-order valence-electron chi connectivity index (χ4n) is 2.29. The molecule has 2 rings (SSSR count). The Balaban J connectivity index is 2.05. The second kappa shape index (κ2) is 6.09. The van der Waals surface area contributed by atoms with E-state index in [0.717, 1.165) is 6.07 Å². The molecule has 20 heavy (non-hydrogen) atoms. The number of nitrogens with two attached hydrogens (primary N) is 1. The fourth-order valence-corrected chi connectivity index (χ4v) is 2.45. The number of amidine groups is 1. The van der Waals surface area contributed by atoms with Gasteiger partial charge in [-0.25, -0.2) is 4.39 Å². The van der Waals surface area contributed by atoms with Gasteiger partial charge in [0.2, 0.25) is 0 Å². The number of oxime groups is 1. The quantitative estimate of drug-likeness (QED) is 0.380. The summed E-state index contributed by atoms with van der Waals surface area (Å²) in [5.41, 5.74) is 5.55. The number of halogens is 2. The SMILES string of the molecule is NC(=NO)C1CCN(C(=O)c2ccc(Cl)cc2F)CC1. The van der Waals surface area contributed by atoms with Crippen LogP contribution >= 0.6 is 11.6 Å². The topological polar surface area (TPSA) is 78.9 Å². The van der Waals surface area contributed by atoms with Gasteiger partial charge in [0, 0.05) is 24.0 Å². The highest BCUT2D eigenvalue weighted by atomic mass is 35.5. The highest BCUT2D eigenvalue weighted by Crippen LogP contribution is 2.21. The summed E-state index contributed by atoms with van der Waals surface area (Å²) < 4.78 is 13.7. The summed E-state index contributed by atoms with van der Waals surface area (Å²) in [7, 11) is 0. The van der Waals surface area contributed by atoms with Crippen molar-refractivity contribution in [2.45, 2.75) is 12.8 Å². The maximum absolute atomic E-state index is 13.7. The van der Waals surface area contributed by atoms with Gasteiger partial charge in [-0.1, -0.05) is 16.8 Å². The minimum atomic E-state index is -0.624. The first-order chi connectivity index (χ1) is 9.52. The van der Waals surface area contributed by atoms with Gasteiger partial charge in [-0.2, -0.15) is 0 Å². The number of nitrogens with zero attached hydrogens (tertiary/aromatic N) is 2. The van der Waals surface area contributed by atoms with Gasteiger partial charge >= 0.3 is 0 Å². The number of likely N-dealkylation sites (tertiary alicyclic amines) is 1. The lowest BCUT2D eigenvalue weighted by molar-refractivity contribution is 0.0704. The lowest BCUT2D eigenvalue weighted by Crippen LogP contribution is -2.42. The average Bonchev–Trinajstić information content (AvgIpc) is 2.46. The molecule has 0 atom stereocenters.